The zero-order chi connectivity index (χ0) is 23.2. The van der Waals surface area contributed by atoms with E-state index in [1.165, 1.54) is 12.3 Å². The zero-order valence-electron chi connectivity index (χ0n) is 17.8. The summed E-state index contributed by atoms with van der Waals surface area (Å²) in [4.78, 5) is 32.1. The van der Waals surface area contributed by atoms with Crippen LogP contribution in [0.4, 0.5) is 11.8 Å². The number of rotatable bonds is 8. The molecule has 10 nitrogen and oxygen atoms in total. The molecule has 172 valence electrons. The highest BCUT2D eigenvalue weighted by Gasteiger charge is 2.27. The van der Waals surface area contributed by atoms with Gasteiger partial charge < -0.3 is 25.7 Å². The molecular weight excluding hydrogens is 446 g/mol. The van der Waals surface area contributed by atoms with Gasteiger partial charge in [-0.1, -0.05) is 17.7 Å². The number of aromatic hydroxyl groups is 1. The molecule has 0 bridgehead atoms. The Morgan fingerprint density at radius 1 is 1.21 bits per heavy atom. The largest absolute Gasteiger partial charge is 0.506 e. The van der Waals surface area contributed by atoms with Crippen molar-refractivity contribution >= 4 is 29.3 Å². The summed E-state index contributed by atoms with van der Waals surface area (Å²) in [6, 6.07) is 6.52. The Kier molecular flexibility index (Phi) is 7.16. The zero-order valence-corrected chi connectivity index (χ0v) is 18.5. The second kappa shape index (κ2) is 10.4. The van der Waals surface area contributed by atoms with E-state index in [0.29, 0.717) is 24.1 Å². The number of phenolic OH excluding ortho intramolecular Hbond substituents is 1. The SMILES string of the molecule is O=C(NCc1ncccn1)c1cnc(N2CCCC2CO)nc1NCc1ccc(O)c(Cl)c1. The number of carbonyl (C=O) groups is 1. The maximum Gasteiger partial charge on any atom is 0.256 e. The molecule has 1 aliphatic heterocycles. The fraction of sp³-hybridized carbons (Fsp3) is 0.318. The molecule has 4 N–H and O–H groups in total. The summed E-state index contributed by atoms with van der Waals surface area (Å²) in [7, 11) is 0. The molecule has 0 aliphatic carbocycles. The summed E-state index contributed by atoms with van der Waals surface area (Å²) in [5.41, 5.74) is 1.07. The third-order valence-electron chi connectivity index (χ3n) is 5.36. The van der Waals surface area contributed by atoms with Gasteiger partial charge in [-0.25, -0.2) is 15.0 Å². The van der Waals surface area contributed by atoms with Crippen LogP contribution in [0.15, 0.2) is 42.9 Å². The van der Waals surface area contributed by atoms with Gasteiger partial charge in [-0.15, -0.1) is 0 Å². The molecule has 33 heavy (non-hydrogen) atoms. The molecule has 1 amide bonds. The normalized spacial score (nSPS) is 15.5. The molecular formula is C22H24ClN7O3. The first kappa shape index (κ1) is 22.7. The smallest absolute Gasteiger partial charge is 0.256 e. The summed E-state index contributed by atoms with van der Waals surface area (Å²) in [5.74, 6) is 0.900. The molecule has 1 fully saturated rings. The Hall–Kier alpha value is -3.50. The van der Waals surface area contributed by atoms with Gasteiger partial charge in [-0.2, -0.15) is 4.98 Å². The van der Waals surface area contributed by atoms with Crippen molar-refractivity contribution in [3.8, 4) is 5.75 Å². The molecule has 1 saturated heterocycles. The number of phenols is 1. The molecule has 1 aromatic carbocycles. The van der Waals surface area contributed by atoms with Gasteiger partial charge in [0.15, 0.2) is 0 Å². The second-order valence-electron chi connectivity index (χ2n) is 7.59. The summed E-state index contributed by atoms with van der Waals surface area (Å²) >= 11 is 6.01. The lowest BCUT2D eigenvalue weighted by Gasteiger charge is -2.24. The lowest BCUT2D eigenvalue weighted by Crippen LogP contribution is -2.34. The van der Waals surface area contributed by atoms with Crippen molar-refractivity contribution in [1.82, 2.24) is 25.3 Å². The number of halogens is 1. The number of carbonyl (C=O) groups excluding carboxylic acids is 1. The number of hydrogen-bond acceptors (Lipinski definition) is 9. The van der Waals surface area contributed by atoms with Gasteiger partial charge in [-0.05, 0) is 36.6 Å². The van der Waals surface area contributed by atoms with Crippen LogP contribution in [-0.4, -0.2) is 55.2 Å². The van der Waals surface area contributed by atoms with Crippen molar-refractivity contribution in [2.45, 2.75) is 32.0 Å². The van der Waals surface area contributed by atoms with Crippen molar-refractivity contribution in [3.05, 3.63) is 64.8 Å². The predicted molar refractivity (Wildman–Crippen MR) is 123 cm³/mol. The third kappa shape index (κ3) is 5.47. The summed E-state index contributed by atoms with van der Waals surface area (Å²) in [6.07, 6.45) is 6.48. The molecule has 0 spiro atoms. The van der Waals surface area contributed by atoms with Crippen LogP contribution < -0.4 is 15.5 Å². The number of aliphatic hydroxyl groups excluding tert-OH is 1. The van der Waals surface area contributed by atoms with Gasteiger partial charge in [0.2, 0.25) is 5.95 Å². The van der Waals surface area contributed by atoms with E-state index in [0.717, 1.165) is 24.9 Å². The van der Waals surface area contributed by atoms with Crippen molar-refractivity contribution in [3.63, 3.8) is 0 Å². The van der Waals surface area contributed by atoms with Gasteiger partial charge in [0.05, 0.1) is 24.2 Å². The lowest BCUT2D eigenvalue weighted by atomic mass is 10.2. The van der Waals surface area contributed by atoms with Crippen LogP contribution in [0, 0.1) is 0 Å². The minimum absolute atomic E-state index is 0.00276. The quantitative estimate of drug-likeness (QED) is 0.391. The second-order valence-corrected chi connectivity index (χ2v) is 8.00. The van der Waals surface area contributed by atoms with Crippen LogP contribution in [0.3, 0.4) is 0 Å². The number of nitrogens with zero attached hydrogens (tertiary/aromatic N) is 5. The number of nitrogens with one attached hydrogen (secondary N) is 2. The minimum atomic E-state index is -0.375. The predicted octanol–water partition coefficient (Wildman–Crippen LogP) is 2.13. The summed E-state index contributed by atoms with van der Waals surface area (Å²) < 4.78 is 0. The van der Waals surface area contributed by atoms with Crippen LogP contribution in [0.1, 0.15) is 34.6 Å². The Balaban J connectivity index is 1.57. The standard InChI is InChI=1S/C22H24ClN7O3/c23-17-9-14(4-5-18(17)32)10-26-20-16(21(33)27-12-19-24-6-2-7-25-19)11-28-22(29-20)30-8-1-3-15(30)13-31/h2,4-7,9,11,15,31-32H,1,3,8,10,12-13H2,(H,27,33)(H,26,28,29). The number of hydrogen-bond donors (Lipinski definition) is 4. The summed E-state index contributed by atoms with van der Waals surface area (Å²) in [6.45, 7) is 1.22. The monoisotopic (exact) mass is 469 g/mol. The highest BCUT2D eigenvalue weighted by Crippen LogP contribution is 2.26. The molecule has 3 heterocycles. The van der Waals surface area contributed by atoms with Gasteiger partial charge in [0.25, 0.3) is 5.91 Å². The topological polar surface area (TPSA) is 136 Å². The van der Waals surface area contributed by atoms with Crippen molar-refractivity contribution < 1.29 is 15.0 Å². The number of amides is 1. The van der Waals surface area contributed by atoms with Crippen molar-refractivity contribution in [2.75, 3.05) is 23.4 Å². The Morgan fingerprint density at radius 3 is 2.79 bits per heavy atom. The molecule has 3 aromatic rings. The molecule has 2 aromatic heterocycles. The van der Waals surface area contributed by atoms with Crippen LogP contribution in [0.25, 0.3) is 0 Å². The first-order valence-corrected chi connectivity index (χ1v) is 10.9. The van der Waals surface area contributed by atoms with E-state index in [9.17, 15) is 15.0 Å². The first-order chi connectivity index (χ1) is 16.0. The van der Waals surface area contributed by atoms with E-state index in [-0.39, 0.29) is 41.4 Å². The molecule has 0 radical (unpaired) electrons. The fourth-order valence-corrected chi connectivity index (χ4v) is 3.83. The molecule has 0 saturated carbocycles. The van der Waals surface area contributed by atoms with Crippen LogP contribution in [0.2, 0.25) is 5.02 Å². The number of benzene rings is 1. The number of aromatic nitrogens is 4. The molecule has 11 heteroatoms. The Morgan fingerprint density at radius 2 is 2.03 bits per heavy atom. The van der Waals surface area contributed by atoms with Gasteiger partial charge in [0, 0.05) is 31.7 Å². The maximum atomic E-state index is 12.9. The maximum absolute atomic E-state index is 12.9. The van der Waals surface area contributed by atoms with E-state index < -0.39 is 0 Å². The van der Waals surface area contributed by atoms with Crippen LogP contribution >= 0.6 is 11.6 Å². The Labute approximate surface area is 195 Å². The third-order valence-corrected chi connectivity index (χ3v) is 5.67. The van der Waals surface area contributed by atoms with Crippen molar-refractivity contribution in [1.29, 1.82) is 0 Å². The van der Waals surface area contributed by atoms with Gasteiger partial charge in [0.1, 0.15) is 23.0 Å². The highest BCUT2D eigenvalue weighted by molar-refractivity contribution is 6.32. The van der Waals surface area contributed by atoms with E-state index in [1.54, 1.807) is 30.6 Å². The molecule has 1 unspecified atom stereocenters. The van der Waals surface area contributed by atoms with E-state index >= 15 is 0 Å². The van der Waals surface area contributed by atoms with E-state index in [4.69, 9.17) is 11.6 Å². The number of anilines is 2. The van der Waals surface area contributed by atoms with Crippen molar-refractivity contribution in [2.24, 2.45) is 0 Å². The fourth-order valence-electron chi connectivity index (χ4n) is 3.62. The first-order valence-electron chi connectivity index (χ1n) is 10.5. The molecule has 1 atom stereocenters. The van der Waals surface area contributed by atoms with E-state index in [2.05, 4.69) is 30.6 Å². The molecule has 4 rings (SSSR count). The van der Waals surface area contributed by atoms with Crippen LogP contribution in [0.5, 0.6) is 5.75 Å². The van der Waals surface area contributed by atoms with Gasteiger partial charge in [-0.3, -0.25) is 4.79 Å². The highest BCUT2D eigenvalue weighted by atomic mass is 35.5. The minimum Gasteiger partial charge on any atom is -0.506 e. The average molecular weight is 470 g/mol. The molecule has 1 aliphatic rings. The lowest BCUT2D eigenvalue weighted by molar-refractivity contribution is 0.0950. The van der Waals surface area contributed by atoms with Gasteiger partial charge >= 0.3 is 0 Å². The van der Waals surface area contributed by atoms with Crippen LogP contribution in [-0.2, 0) is 13.1 Å². The number of aliphatic hydroxyl groups is 1. The Bertz CT molecular complexity index is 1120. The summed E-state index contributed by atoms with van der Waals surface area (Å²) in [5, 5.41) is 25.5. The van der Waals surface area contributed by atoms with E-state index in [1.807, 2.05) is 4.90 Å². The average Bonchev–Trinajstić information content (AvgIpc) is 3.33.